The van der Waals surface area contributed by atoms with E-state index in [-0.39, 0.29) is 11.8 Å². The third kappa shape index (κ3) is 4.15. The summed E-state index contributed by atoms with van der Waals surface area (Å²) in [5.74, 6) is -0.336. The molecule has 7 heteroatoms. The lowest BCUT2D eigenvalue weighted by molar-refractivity contribution is -0.114. The van der Waals surface area contributed by atoms with Gasteiger partial charge in [-0.3, -0.25) is 9.59 Å². The predicted molar refractivity (Wildman–Crippen MR) is 93.2 cm³/mol. The third-order valence-electron chi connectivity index (χ3n) is 2.68. The molecule has 2 amide bonds. The second-order valence-corrected chi connectivity index (χ2v) is 7.62. The third-order valence-corrected chi connectivity index (χ3v) is 5.93. The Morgan fingerprint density at radius 3 is 2.43 bits per heavy atom. The molecule has 110 valence electrons. The summed E-state index contributed by atoms with van der Waals surface area (Å²) in [7, 11) is 0. The van der Waals surface area contributed by atoms with Crippen LogP contribution in [0.1, 0.15) is 22.2 Å². The topological polar surface area (TPSA) is 58.2 Å². The van der Waals surface area contributed by atoms with E-state index in [4.69, 9.17) is 0 Å². The molecule has 0 bridgehead atoms. The molecule has 2 N–H and O–H groups in total. The quantitative estimate of drug-likeness (QED) is 0.733. The van der Waals surface area contributed by atoms with Crippen molar-refractivity contribution in [3.63, 3.8) is 0 Å². The zero-order valence-corrected chi connectivity index (χ0v) is 15.3. The first-order valence-electron chi connectivity index (χ1n) is 6.01. The minimum absolute atomic E-state index is 0.146. The minimum atomic E-state index is -0.191. The Hall–Kier alpha value is -1.18. The number of nitrogens with one attached hydrogen (secondary N) is 2. The molecule has 1 heterocycles. The predicted octanol–water partition coefficient (Wildman–Crippen LogP) is 4.79. The summed E-state index contributed by atoms with van der Waals surface area (Å²) >= 11 is 8.06. The Morgan fingerprint density at radius 1 is 1.14 bits per heavy atom. The van der Waals surface area contributed by atoms with E-state index in [0.29, 0.717) is 16.3 Å². The number of hydrogen-bond donors (Lipinski definition) is 2. The molecular weight excluding hydrogens is 420 g/mol. The molecule has 0 atom stereocenters. The standard InChI is InChI=1S/C14H12Br2N2O2S/c1-7-3-4-9(5-11(7)17-8(2)19)18-14(20)12-6-10(15)13(16)21-12/h3-6H,1-2H3,(H,17,19)(H,18,20). The van der Waals surface area contributed by atoms with Crippen LogP contribution in [0.15, 0.2) is 32.5 Å². The summed E-state index contributed by atoms with van der Waals surface area (Å²) in [6.07, 6.45) is 0. The molecule has 0 aliphatic rings. The number of hydrogen-bond acceptors (Lipinski definition) is 3. The first kappa shape index (κ1) is 16.2. The van der Waals surface area contributed by atoms with Crippen LogP contribution in [0.3, 0.4) is 0 Å². The molecule has 4 nitrogen and oxygen atoms in total. The van der Waals surface area contributed by atoms with Gasteiger partial charge in [0.1, 0.15) is 0 Å². The monoisotopic (exact) mass is 430 g/mol. The lowest BCUT2D eigenvalue weighted by atomic mass is 10.1. The number of rotatable bonds is 3. The molecule has 0 saturated heterocycles. The van der Waals surface area contributed by atoms with E-state index in [1.165, 1.54) is 18.3 Å². The van der Waals surface area contributed by atoms with E-state index >= 15 is 0 Å². The van der Waals surface area contributed by atoms with Crippen molar-refractivity contribution in [2.24, 2.45) is 0 Å². The van der Waals surface area contributed by atoms with Crippen molar-refractivity contribution >= 4 is 66.4 Å². The molecular formula is C14H12Br2N2O2S. The minimum Gasteiger partial charge on any atom is -0.326 e. The van der Waals surface area contributed by atoms with Gasteiger partial charge in [0.05, 0.1) is 8.66 Å². The summed E-state index contributed by atoms with van der Waals surface area (Å²) in [5, 5.41) is 5.56. The van der Waals surface area contributed by atoms with Crippen LogP contribution in [0, 0.1) is 6.92 Å². The molecule has 0 radical (unpaired) electrons. The summed E-state index contributed by atoms with van der Waals surface area (Å²) in [5.41, 5.74) is 2.26. The normalized spacial score (nSPS) is 10.3. The first-order chi connectivity index (χ1) is 9.86. The highest BCUT2D eigenvalue weighted by Gasteiger charge is 2.13. The lowest BCUT2D eigenvalue weighted by Crippen LogP contribution is -2.12. The average Bonchev–Trinajstić information content (AvgIpc) is 2.73. The molecule has 0 spiro atoms. The zero-order chi connectivity index (χ0) is 15.6. The highest BCUT2D eigenvalue weighted by atomic mass is 79.9. The van der Waals surface area contributed by atoms with Crippen molar-refractivity contribution in [2.45, 2.75) is 13.8 Å². The maximum Gasteiger partial charge on any atom is 0.265 e. The van der Waals surface area contributed by atoms with Crippen LogP contribution in [0.2, 0.25) is 0 Å². The van der Waals surface area contributed by atoms with Crippen LogP contribution in [0.4, 0.5) is 11.4 Å². The van der Waals surface area contributed by atoms with Crippen molar-refractivity contribution in [1.29, 1.82) is 0 Å². The number of anilines is 2. The van der Waals surface area contributed by atoms with Gasteiger partial charge in [-0.1, -0.05) is 6.07 Å². The summed E-state index contributed by atoms with van der Waals surface area (Å²) in [6.45, 7) is 3.34. The van der Waals surface area contributed by atoms with Gasteiger partial charge in [0.25, 0.3) is 5.91 Å². The second-order valence-electron chi connectivity index (χ2n) is 4.40. The van der Waals surface area contributed by atoms with E-state index in [1.54, 1.807) is 18.2 Å². The Bertz CT molecular complexity index is 693. The van der Waals surface area contributed by atoms with Crippen LogP contribution >= 0.6 is 43.2 Å². The molecule has 0 aliphatic carbocycles. The van der Waals surface area contributed by atoms with E-state index in [0.717, 1.165) is 13.8 Å². The highest BCUT2D eigenvalue weighted by molar-refractivity contribution is 9.13. The second kappa shape index (κ2) is 6.72. The molecule has 1 aromatic heterocycles. The van der Waals surface area contributed by atoms with Gasteiger partial charge in [-0.2, -0.15) is 0 Å². The highest BCUT2D eigenvalue weighted by Crippen LogP contribution is 2.32. The summed E-state index contributed by atoms with van der Waals surface area (Å²) < 4.78 is 1.72. The fraction of sp³-hybridized carbons (Fsp3) is 0.143. The van der Waals surface area contributed by atoms with Crippen molar-refractivity contribution in [1.82, 2.24) is 0 Å². The van der Waals surface area contributed by atoms with Gasteiger partial charge < -0.3 is 10.6 Å². The fourth-order valence-electron chi connectivity index (χ4n) is 1.68. The number of benzene rings is 1. The maximum absolute atomic E-state index is 12.2. The Morgan fingerprint density at radius 2 is 1.86 bits per heavy atom. The summed E-state index contributed by atoms with van der Waals surface area (Å²) in [4.78, 5) is 23.9. The number of thiophene rings is 1. The molecule has 21 heavy (non-hydrogen) atoms. The molecule has 2 rings (SSSR count). The molecule has 2 aromatic rings. The van der Waals surface area contributed by atoms with Crippen LogP contribution in [0.5, 0.6) is 0 Å². The Kier molecular flexibility index (Phi) is 5.18. The van der Waals surface area contributed by atoms with E-state index < -0.39 is 0 Å². The molecule has 0 fully saturated rings. The number of carbonyl (C=O) groups is 2. The van der Waals surface area contributed by atoms with Crippen LogP contribution in [-0.4, -0.2) is 11.8 Å². The van der Waals surface area contributed by atoms with Crippen LogP contribution < -0.4 is 10.6 Å². The van der Waals surface area contributed by atoms with Crippen molar-refractivity contribution in [3.8, 4) is 0 Å². The number of amides is 2. The number of carbonyl (C=O) groups excluding carboxylic acids is 2. The van der Waals surface area contributed by atoms with Gasteiger partial charge in [0.15, 0.2) is 0 Å². The van der Waals surface area contributed by atoms with Gasteiger partial charge in [0, 0.05) is 22.8 Å². The first-order valence-corrected chi connectivity index (χ1v) is 8.41. The van der Waals surface area contributed by atoms with E-state index in [1.807, 2.05) is 13.0 Å². The van der Waals surface area contributed by atoms with Crippen molar-refractivity contribution < 1.29 is 9.59 Å². The van der Waals surface area contributed by atoms with Gasteiger partial charge in [0.2, 0.25) is 5.91 Å². The number of halogens is 2. The Labute approximate surface area is 143 Å². The Balaban J connectivity index is 2.19. The molecule has 0 saturated carbocycles. The lowest BCUT2D eigenvalue weighted by Gasteiger charge is -2.10. The van der Waals surface area contributed by atoms with E-state index in [9.17, 15) is 9.59 Å². The van der Waals surface area contributed by atoms with Gasteiger partial charge in [-0.25, -0.2) is 0 Å². The molecule has 1 aromatic carbocycles. The smallest absolute Gasteiger partial charge is 0.265 e. The van der Waals surface area contributed by atoms with Gasteiger partial charge in [-0.05, 0) is 62.5 Å². The number of aryl methyl sites for hydroxylation is 1. The van der Waals surface area contributed by atoms with E-state index in [2.05, 4.69) is 42.5 Å². The van der Waals surface area contributed by atoms with Crippen molar-refractivity contribution in [3.05, 3.63) is 43.0 Å². The van der Waals surface area contributed by atoms with Gasteiger partial charge >= 0.3 is 0 Å². The van der Waals surface area contributed by atoms with Crippen LogP contribution in [0.25, 0.3) is 0 Å². The summed E-state index contributed by atoms with van der Waals surface area (Å²) in [6, 6.07) is 7.15. The van der Waals surface area contributed by atoms with Crippen molar-refractivity contribution in [2.75, 3.05) is 10.6 Å². The molecule has 0 unspecified atom stereocenters. The largest absolute Gasteiger partial charge is 0.326 e. The zero-order valence-electron chi connectivity index (χ0n) is 11.3. The SMILES string of the molecule is CC(=O)Nc1cc(NC(=O)c2cc(Br)c(Br)s2)ccc1C. The van der Waals surface area contributed by atoms with Crippen LogP contribution in [-0.2, 0) is 4.79 Å². The molecule has 0 aliphatic heterocycles. The maximum atomic E-state index is 12.2. The fourth-order valence-corrected chi connectivity index (χ4v) is 3.61. The van der Waals surface area contributed by atoms with Gasteiger partial charge in [-0.15, -0.1) is 11.3 Å². The average molecular weight is 432 g/mol.